The lowest BCUT2D eigenvalue weighted by atomic mass is 9.55. The number of benzene rings is 19. The van der Waals surface area contributed by atoms with Crippen molar-refractivity contribution in [2.75, 3.05) is 7.11 Å². The van der Waals surface area contributed by atoms with Crippen LogP contribution >= 0.6 is 0 Å². The summed E-state index contributed by atoms with van der Waals surface area (Å²) in [6, 6.07) is 20.1. The van der Waals surface area contributed by atoms with Crippen LogP contribution in [-0.2, 0) is 28.7 Å². The van der Waals surface area contributed by atoms with Crippen molar-refractivity contribution in [3.8, 4) is 0 Å². The van der Waals surface area contributed by atoms with E-state index in [2.05, 4.69) is 48.5 Å². The molecule has 0 aromatic heterocycles. The quantitative estimate of drug-likeness (QED) is 0.133. The summed E-state index contributed by atoms with van der Waals surface area (Å²) in [7, 11) is 1.54. The summed E-state index contributed by atoms with van der Waals surface area (Å²) in [4.78, 5) is 13.8. The van der Waals surface area contributed by atoms with Gasteiger partial charge >= 0.3 is 5.97 Å². The minimum Gasteiger partial charge on any atom is -0.465 e. The molecule has 0 amide bonds. The maximum Gasteiger partial charge on any atom is 0.337 e. The molecular weight excluding hydrogens is 959 g/mol. The van der Waals surface area contributed by atoms with Gasteiger partial charge in [-0.25, -0.2) is 4.79 Å². The Labute approximate surface area is 434 Å². The van der Waals surface area contributed by atoms with E-state index in [-0.39, 0.29) is 5.97 Å². The van der Waals surface area contributed by atoms with Gasteiger partial charge in [-0.1, -0.05) is 42.5 Å². The van der Waals surface area contributed by atoms with Gasteiger partial charge in [0.05, 0.1) is 23.6 Å². The normalized spacial score (nSPS) is 20.5. The first-order valence-corrected chi connectivity index (χ1v) is 29.0. The lowest BCUT2D eigenvalue weighted by Crippen LogP contribution is -2.51. The van der Waals surface area contributed by atoms with Gasteiger partial charge < -0.3 is 4.74 Å². The van der Waals surface area contributed by atoms with Gasteiger partial charge in [0.2, 0.25) is 0 Å². The predicted molar refractivity (Wildman–Crippen MR) is 327 cm³/mol. The number of esters is 1. The van der Waals surface area contributed by atoms with Gasteiger partial charge in [0.1, 0.15) is 0 Å². The van der Waals surface area contributed by atoms with Crippen molar-refractivity contribution in [1.82, 2.24) is 5.32 Å². The van der Waals surface area contributed by atoms with Gasteiger partial charge in [0, 0.05) is 6.54 Å². The van der Waals surface area contributed by atoms with Gasteiger partial charge in [-0.2, -0.15) is 0 Å². The van der Waals surface area contributed by atoms with Crippen LogP contribution in [0.4, 0.5) is 0 Å². The fourth-order valence-corrected chi connectivity index (χ4v) is 26.0. The molecule has 29 aromatic carbocycles. The Morgan fingerprint density at radius 3 is 0.987 bits per heavy atom. The molecule has 3 heteroatoms. The molecule has 0 bridgehead atoms. The largest absolute Gasteiger partial charge is 0.465 e. The zero-order chi connectivity index (χ0) is 48.0. The molecule has 5 aliphatic rings. The van der Waals surface area contributed by atoms with E-state index in [1.165, 1.54) is 18.2 Å². The molecule has 0 spiro atoms. The summed E-state index contributed by atoms with van der Waals surface area (Å²) in [5.74, 6) is -0.263. The highest BCUT2D eigenvalue weighted by Gasteiger charge is 2.66. The molecule has 0 aliphatic heterocycles. The summed E-state index contributed by atoms with van der Waals surface area (Å²) in [6.07, 6.45) is 0.782. The van der Waals surface area contributed by atoms with Gasteiger partial charge in [-0.3, -0.25) is 5.32 Å². The Kier molecular flexibility index (Phi) is 3.05. The number of nitrogens with one attached hydrogen (secondary N) is 1. The molecule has 0 radical (unpaired) electrons. The number of rotatable bonds is 6. The van der Waals surface area contributed by atoms with Crippen molar-refractivity contribution in [1.29, 1.82) is 0 Å². The molecule has 2 atom stereocenters. The minimum absolute atomic E-state index is 0.263. The average Bonchev–Trinajstić information content (AvgIpc) is 1.47. The van der Waals surface area contributed by atoms with Gasteiger partial charge in [-0.05, 0) is 343 Å². The Morgan fingerprint density at radius 2 is 0.595 bits per heavy atom. The van der Waals surface area contributed by atoms with Crippen molar-refractivity contribution in [3.05, 3.63) is 105 Å². The third-order valence-corrected chi connectivity index (χ3v) is 26.6. The fourth-order valence-electron chi connectivity index (χ4n) is 26.0. The zero-order valence-corrected chi connectivity index (χ0v) is 40.9. The number of ether oxygens (including phenoxy) is 1. The third kappa shape index (κ3) is 1.90. The smallest absolute Gasteiger partial charge is 0.337 e. The van der Waals surface area contributed by atoms with Crippen LogP contribution in [0.3, 0.4) is 0 Å². The standard InChI is InChI=1S/C76H17NO2/c1-79-74(78)15-9-5-8-14(10-15)11-75-68-60-51-44-31-24-18-19-21-17-16-20(18)29(31)35-33-22(16)26-23(17)34-36-30(21)32-25(19)28-27(24)38-46-39(28)48-45(32)52-50(36)54-41(34)43-37(26)42-40(33)53(49(35)51)64(68)66-55(42)56(43)67-65(54)69-61(52)58(48)63-59(46)62(57(60)47(38)44)70(75)72(63)76(69,73(67)71(66)75)77-12-13-6-3-2-4-7-13/h2-10,77H,11-12H2,1H3. The van der Waals surface area contributed by atoms with Crippen molar-refractivity contribution in [2.24, 2.45) is 0 Å². The summed E-state index contributed by atoms with van der Waals surface area (Å²) in [5, 5.41) is 87.9. The van der Waals surface area contributed by atoms with E-state index in [0.717, 1.165) is 13.0 Å². The van der Waals surface area contributed by atoms with Crippen LogP contribution in [0.1, 0.15) is 54.9 Å². The van der Waals surface area contributed by atoms with E-state index in [4.69, 9.17) is 10.1 Å². The van der Waals surface area contributed by atoms with E-state index >= 15 is 0 Å². The van der Waals surface area contributed by atoms with E-state index in [1.807, 2.05) is 6.07 Å². The molecular formula is C76H17NO2. The molecule has 338 valence electrons. The molecule has 5 aliphatic carbocycles. The molecule has 2 unspecified atom stereocenters. The van der Waals surface area contributed by atoms with Crippen LogP contribution in [0.2, 0.25) is 0 Å². The lowest BCUT2D eigenvalue weighted by molar-refractivity contribution is 0.0600. The Hall–Kier alpha value is -9.67. The molecule has 0 heterocycles. The van der Waals surface area contributed by atoms with Crippen molar-refractivity contribution < 1.29 is 9.53 Å². The molecule has 29 aromatic rings. The SMILES string of the molecule is COC(=O)c1cccc(CC23c4c5c6c7c8c9c%10c%11c(c2c2c%12c3c3c%13c4c6c4c6c%13c%13c3c3c%12c%12c%14c2c%11c2c%11c%10c%10c8c8c7c4c4c6c6c%13c7c3c%12c3c(c%142)c2c%11c%10c%10c8c4c4c%10c2c3c7c64)C59NCc2ccccc2)c1. The fraction of sp³-hybridized carbons (Fsp3) is 0.0658. The van der Waals surface area contributed by atoms with E-state index in [9.17, 15) is 4.79 Å². The van der Waals surface area contributed by atoms with Gasteiger partial charge in [0.15, 0.2) is 0 Å². The van der Waals surface area contributed by atoms with Crippen molar-refractivity contribution >= 4 is 286 Å². The second kappa shape index (κ2) is 7.64. The molecule has 0 saturated heterocycles. The molecule has 79 heavy (non-hydrogen) atoms. The minimum atomic E-state index is -0.616. The van der Waals surface area contributed by atoms with Gasteiger partial charge in [-0.15, -0.1) is 0 Å². The van der Waals surface area contributed by atoms with Crippen molar-refractivity contribution in [2.45, 2.75) is 23.9 Å². The Bertz CT molecular complexity index is 7960. The van der Waals surface area contributed by atoms with Crippen LogP contribution in [-0.4, -0.2) is 13.1 Å². The highest BCUT2D eigenvalue weighted by molar-refractivity contribution is 6.81. The summed E-state index contributed by atoms with van der Waals surface area (Å²) in [6.45, 7) is 0.764. The first-order chi connectivity index (χ1) is 39.2. The second-order valence-corrected chi connectivity index (χ2v) is 27.6. The highest BCUT2D eigenvalue weighted by atomic mass is 16.5. The molecule has 0 saturated carbocycles. The van der Waals surface area contributed by atoms with Crippen LogP contribution in [0.15, 0.2) is 54.6 Å². The van der Waals surface area contributed by atoms with Crippen molar-refractivity contribution in [3.63, 3.8) is 0 Å². The number of hydrogen-bond acceptors (Lipinski definition) is 3. The molecule has 3 nitrogen and oxygen atoms in total. The number of hydrogen-bond donors (Lipinski definition) is 1. The zero-order valence-electron chi connectivity index (χ0n) is 40.9. The van der Waals surface area contributed by atoms with Crippen LogP contribution in [0.25, 0.3) is 280 Å². The molecule has 1 N–H and O–H groups in total. The van der Waals surface area contributed by atoms with Crippen LogP contribution in [0, 0.1) is 0 Å². The van der Waals surface area contributed by atoms with Crippen LogP contribution < -0.4 is 5.32 Å². The number of carbonyl (C=O) groups excluding carboxylic acids is 1. The first kappa shape index (κ1) is 31.5. The van der Waals surface area contributed by atoms with E-state index < -0.39 is 11.0 Å². The molecule has 34 rings (SSSR count). The highest BCUT2D eigenvalue weighted by Crippen LogP contribution is 2.84. The average molecular weight is 976 g/mol. The number of carbonyl (C=O) groups is 1. The molecule has 0 fully saturated rings. The summed E-state index contributed by atoms with van der Waals surface area (Å²) >= 11 is 0. The maximum absolute atomic E-state index is 13.8. The number of methoxy groups -OCH3 is 1. The lowest BCUT2D eigenvalue weighted by Gasteiger charge is -2.49. The van der Waals surface area contributed by atoms with Crippen LogP contribution in [0.5, 0.6) is 0 Å². The second-order valence-electron chi connectivity index (χ2n) is 27.6. The Morgan fingerprint density at radius 1 is 0.316 bits per heavy atom. The topological polar surface area (TPSA) is 38.3 Å². The first-order valence-electron chi connectivity index (χ1n) is 29.0. The monoisotopic (exact) mass is 975 g/mol. The predicted octanol–water partition coefficient (Wildman–Crippen LogP) is 18.8. The summed E-state index contributed by atoms with van der Waals surface area (Å²) < 4.78 is 5.55. The third-order valence-electron chi connectivity index (χ3n) is 26.6. The summed E-state index contributed by atoms with van der Waals surface area (Å²) in [5.41, 5.74) is 11.6. The maximum atomic E-state index is 13.8. The van der Waals surface area contributed by atoms with E-state index in [1.54, 1.807) is 313 Å². The van der Waals surface area contributed by atoms with Gasteiger partial charge in [0.25, 0.3) is 0 Å². The van der Waals surface area contributed by atoms with E-state index in [0.29, 0.717) is 5.56 Å². The Balaban J connectivity index is 1.06.